The van der Waals surface area contributed by atoms with Gasteiger partial charge in [-0.25, -0.2) is 21.8 Å². The highest BCUT2D eigenvalue weighted by Gasteiger charge is 2.35. The third kappa shape index (κ3) is 7.86. The molecule has 19 heteroatoms. The lowest BCUT2D eigenvalue weighted by Gasteiger charge is -2.16. The second-order valence-corrected chi connectivity index (χ2v) is 13.2. The molecule has 0 amide bonds. The van der Waals surface area contributed by atoms with Crippen LogP contribution < -0.4 is 30.2 Å². The smallest absolute Gasteiger partial charge is 0.417 e. The number of rotatable bonds is 14. The number of alkyl halides is 3. The summed E-state index contributed by atoms with van der Waals surface area (Å²) in [4.78, 5) is 10.1. The molecule has 3 rings (SSSR count). The van der Waals surface area contributed by atoms with Crippen LogP contribution in [0, 0.1) is 23.0 Å². The van der Waals surface area contributed by atoms with Gasteiger partial charge in [-0.1, -0.05) is 0 Å². The number of nitrogens with one attached hydrogen (secondary N) is 1. The Hall–Kier alpha value is -3.04. The number of halogens is 5. The van der Waals surface area contributed by atoms with E-state index in [1.165, 1.54) is 6.07 Å². The molecule has 230 valence electrons. The predicted octanol–water partition coefficient (Wildman–Crippen LogP) is 4.03. The van der Waals surface area contributed by atoms with Gasteiger partial charge < -0.3 is 30.4 Å². The highest BCUT2D eigenvalue weighted by atomic mass is 32.2. The molecular weight excluding hydrogens is 634 g/mol. The Morgan fingerprint density at radius 3 is 2.19 bits per heavy atom. The van der Waals surface area contributed by atoms with Gasteiger partial charge >= 0.3 is 13.8 Å². The topological polar surface area (TPSA) is 187 Å². The Kier molecular flexibility index (Phi) is 10.8. The van der Waals surface area contributed by atoms with Gasteiger partial charge in [-0.3, -0.25) is 0 Å². The molecular formula is C23H24F5N4O7PS2. The number of nitriles is 1. The molecule has 0 spiro atoms. The molecule has 6 N–H and O–H groups in total. The number of sulfonamides is 1. The zero-order valence-corrected chi connectivity index (χ0v) is 23.9. The number of fused-ring (bicyclic) bond motifs is 1. The lowest BCUT2D eigenvalue weighted by atomic mass is 10.1. The van der Waals surface area contributed by atoms with Crippen molar-refractivity contribution in [3.63, 3.8) is 0 Å². The summed E-state index contributed by atoms with van der Waals surface area (Å²) in [6.07, 6.45) is -5.73. The average Bonchev–Trinajstić information content (AvgIpc) is 3.39. The molecule has 0 saturated heterocycles. The summed E-state index contributed by atoms with van der Waals surface area (Å²) in [5.41, 5.74) is 8.61. The fourth-order valence-electron chi connectivity index (χ4n) is 3.37. The second kappa shape index (κ2) is 13.5. The summed E-state index contributed by atoms with van der Waals surface area (Å²) in [5, 5.41) is 8.38. The largest absolute Gasteiger partial charge is 0.487 e. The molecule has 1 atom stereocenters. The van der Waals surface area contributed by atoms with Crippen molar-refractivity contribution >= 4 is 39.0 Å². The molecule has 0 radical (unpaired) electrons. The van der Waals surface area contributed by atoms with E-state index >= 15 is 8.78 Å². The van der Waals surface area contributed by atoms with Gasteiger partial charge in [0, 0.05) is 5.39 Å². The van der Waals surface area contributed by atoms with Gasteiger partial charge in [0.25, 0.3) is 10.0 Å². The number of nitrogens with zero attached hydrogens (tertiary/aromatic N) is 1. The van der Waals surface area contributed by atoms with Crippen molar-refractivity contribution in [2.75, 3.05) is 32.6 Å². The van der Waals surface area contributed by atoms with Crippen molar-refractivity contribution in [3.8, 4) is 23.3 Å². The number of hydrogen-bond acceptors (Lipinski definition) is 10. The molecule has 42 heavy (non-hydrogen) atoms. The predicted molar refractivity (Wildman–Crippen MR) is 142 cm³/mol. The summed E-state index contributed by atoms with van der Waals surface area (Å²) in [7, 11) is -9.68. The Morgan fingerprint density at radius 1 is 1.05 bits per heavy atom. The first-order valence-electron chi connectivity index (χ1n) is 11.9. The van der Waals surface area contributed by atoms with Crippen LogP contribution in [0.15, 0.2) is 28.5 Å². The van der Waals surface area contributed by atoms with Crippen LogP contribution >= 0.6 is 18.9 Å². The summed E-state index contributed by atoms with van der Waals surface area (Å²) in [6.45, 7) is 0.183. The Morgan fingerprint density at radius 2 is 1.64 bits per heavy atom. The van der Waals surface area contributed by atoms with Gasteiger partial charge in [0.2, 0.25) is 11.5 Å². The lowest BCUT2D eigenvalue weighted by molar-refractivity contribution is -0.137. The first kappa shape index (κ1) is 33.5. The minimum atomic E-state index is -4.98. The van der Waals surface area contributed by atoms with Crippen LogP contribution in [-0.4, -0.2) is 45.9 Å². The first-order chi connectivity index (χ1) is 19.6. The summed E-state index contributed by atoms with van der Waals surface area (Å²) in [5.74, 6) is -4.20. The molecule has 0 bridgehead atoms. The maximum atomic E-state index is 15.4. The van der Waals surface area contributed by atoms with E-state index in [9.17, 15) is 31.0 Å². The summed E-state index contributed by atoms with van der Waals surface area (Å²) >= 11 is 0.285. The van der Waals surface area contributed by atoms with E-state index in [4.69, 9.17) is 30.7 Å². The number of benzene rings is 2. The van der Waals surface area contributed by atoms with Crippen LogP contribution in [0.4, 0.5) is 22.0 Å². The molecule has 0 aliphatic rings. The van der Waals surface area contributed by atoms with E-state index in [1.807, 2.05) is 0 Å². The van der Waals surface area contributed by atoms with E-state index in [0.717, 1.165) is 12.1 Å². The van der Waals surface area contributed by atoms with Gasteiger partial charge in [-0.15, -0.1) is 11.3 Å². The molecule has 0 fully saturated rings. The standard InChI is InChI=1S/C23H24F5N4O7PS2/c24-18-15-10-17(41-22(15)19(25)21(38-8-2-6-30)20(18)37-7-1-5-29)42(35,36)32-12-40(33,34)39-14-4-3-13(11-31)16(9-14)23(26,27)28/h3-4,9-10,32H,1-2,5-8,12,29-30H2,(H,33,34). The SMILES string of the molecule is N#Cc1ccc(OP(=O)(O)CNS(=O)(=O)c2cc3c(F)c(OCCCN)c(OCCCN)c(F)c3s2)cc1C(F)(F)F. The van der Waals surface area contributed by atoms with Crippen LogP contribution in [0.25, 0.3) is 10.1 Å². The first-order valence-corrected chi connectivity index (χ1v) is 15.9. The van der Waals surface area contributed by atoms with Crippen molar-refractivity contribution in [2.24, 2.45) is 11.5 Å². The molecule has 1 unspecified atom stereocenters. The highest BCUT2D eigenvalue weighted by molar-refractivity contribution is 7.92. The monoisotopic (exact) mass is 658 g/mol. The van der Waals surface area contributed by atoms with Crippen molar-refractivity contribution in [1.82, 2.24) is 4.72 Å². The van der Waals surface area contributed by atoms with E-state index < -0.39 is 84.4 Å². The van der Waals surface area contributed by atoms with Gasteiger partial charge in [0.05, 0.1) is 35.1 Å². The Labute approximate surface area is 240 Å². The summed E-state index contributed by atoms with van der Waals surface area (Å²) < 4.78 is 125. The fourth-order valence-corrected chi connectivity index (χ4v) is 7.31. The third-order valence-corrected chi connectivity index (χ3v) is 9.59. The van der Waals surface area contributed by atoms with E-state index in [-0.39, 0.29) is 44.1 Å². The Balaban J connectivity index is 1.89. The van der Waals surface area contributed by atoms with Crippen LogP contribution in [0.5, 0.6) is 17.2 Å². The van der Waals surface area contributed by atoms with Gasteiger partial charge in [0.1, 0.15) is 16.2 Å². The maximum absolute atomic E-state index is 15.4. The van der Waals surface area contributed by atoms with E-state index in [0.29, 0.717) is 18.6 Å². The molecule has 1 aromatic heterocycles. The van der Waals surface area contributed by atoms with Gasteiger partial charge in [0.15, 0.2) is 11.6 Å². The van der Waals surface area contributed by atoms with Crippen LogP contribution in [-0.2, 0) is 20.8 Å². The maximum Gasteiger partial charge on any atom is 0.417 e. The van der Waals surface area contributed by atoms with Crippen molar-refractivity contribution in [3.05, 3.63) is 47.0 Å². The Bertz CT molecular complexity index is 1590. The zero-order valence-electron chi connectivity index (χ0n) is 21.4. The summed E-state index contributed by atoms with van der Waals surface area (Å²) in [6, 6.07) is 3.96. The van der Waals surface area contributed by atoms with Crippen LogP contribution in [0.2, 0.25) is 0 Å². The lowest BCUT2D eigenvalue weighted by Crippen LogP contribution is -2.25. The minimum absolute atomic E-state index is 0.0980. The van der Waals surface area contributed by atoms with Crippen LogP contribution in [0.3, 0.4) is 0 Å². The number of hydrogen-bond donors (Lipinski definition) is 4. The quantitative estimate of drug-likeness (QED) is 0.112. The van der Waals surface area contributed by atoms with E-state index in [2.05, 4.69) is 0 Å². The zero-order chi connectivity index (χ0) is 31.3. The second-order valence-electron chi connectivity index (χ2n) is 8.43. The normalized spacial score (nSPS) is 13.5. The third-order valence-electron chi connectivity index (χ3n) is 5.32. The number of ether oxygens (including phenoxy) is 2. The molecule has 0 aliphatic heterocycles. The molecule has 0 saturated carbocycles. The molecule has 2 aromatic carbocycles. The molecule has 1 heterocycles. The van der Waals surface area contributed by atoms with Gasteiger partial charge in [-0.05, 0) is 50.2 Å². The molecule has 3 aromatic rings. The van der Waals surface area contributed by atoms with Crippen molar-refractivity contribution in [1.29, 1.82) is 5.26 Å². The number of thiophene rings is 1. The minimum Gasteiger partial charge on any atom is -0.487 e. The molecule has 11 nitrogen and oxygen atoms in total. The average molecular weight is 659 g/mol. The van der Waals surface area contributed by atoms with Crippen LogP contribution in [0.1, 0.15) is 24.0 Å². The molecule has 0 aliphatic carbocycles. The highest BCUT2D eigenvalue weighted by Crippen LogP contribution is 2.46. The fraction of sp³-hybridized carbons (Fsp3) is 0.348. The number of nitrogens with two attached hydrogens (primary N) is 2. The van der Waals surface area contributed by atoms with E-state index in [1.54, 1.807) is 4.72 Å². The van der Waals surface area contributed by atoms with Crippen molar-refractivity contribution in [2.45, 2.75) is 23.2 Å². The van der Waals surface area contributed by atoms with Gasteiger partial charge in [-0.2, -0.15) is 23.2 Å². The van der Waals surface area contributed by atoms with Crippen molar-refractivity contribution < 1.29 is 53.8 Å².